The van der Waals surface area contributed by atoms with Crippen molar-refractivity contribution in [2.75, 3.05) is 37.6 Å². The van der Waals surface area contributed by atoms with Gasteiger partial charge in [-0.3, -0.25) is 4.79 Å². The van der Waals surface area contributed by atoms with Crippen LogP contribution in [0.3, 0.4) is 0 Å². The third-order valence-electron chi connectivity index (χ3n) is 7.10. The molecule has 3 heterocycles. The number of nitrogens with zero attached hydrogens (tertiary/aromatic N) is 5. The Labute approximate surface area is 228 Å². The Morgan fingerprint density at radius 2 is 1.84 bits per heavy atom. The van der Waals surface area contributed by atoms with Crippen LogP contribution in [0.1, 0.15) is 34.3 Å². The van der Waals surface area contributed by atoms with Gasteiger partial charge < -0.3 is 19.7 Å². The maximum absolute atomic E-state index is 13.1. The first kappa shape index (κ1) is 25.8. The fourth-order valence-electron chi connectivity index (χ4n) is 5.13. The highest BCUT2D eigenvalue weighted by Crippen LogP contribution is 2.23. The Morgan fingerprint density at radius 1 is 1.00 bits per heavy atom. The van der Waals surface area contributed by atoms with Gasteiger partial charge in [0.2, 0.25) is 0 Å². The van der Waals surface area contributed by atoms with Crippen LogP contribution in [0.4, 0.5) is 5.82 Å². The molecule has 1 fully saturated rings. The van der Waals surface area contributed by atoms with Gasteiger partial charge in [-0.15, -0.1) is 0 Å². The molecule has 7 nitrogen and oxygen atoms in total. The zero-order valence-electron chi connectivity index (χ0n) is 21.3. The zero-order chi connectivity index (χ0) is 26.3. The van der Waals surface area contributed by atoms with Crippen molar-refractivity contribution in [3.05, 3.63) is 94.8 Å². The number of aryl methyl sites for hydroxylation is 1. The van der Waals surface area contributed by atoms with E-state index in [4.69, 9.17) is 11.6 Å². The Morgan fingerprint density at radius 3 is 2.71 bits per heavy atom. The van der Waals surface area contributed by atoms with Gasteiger partial charge in [0.1, 0.15) is 11.9 Å². The van der Waals surface area contributed by atoms with Gasteiger partial charge in [-0.05, 0) is 55.8 Å². The highest BCUT2D eigenvalue weighted by Gasteiger charge is 2.19. The largest absolute Gasteiger partial charge is 0.354 e. The summed E-state index contributed by atoms with van der Waals surface area (Å²) in [5.74, 6) is 0.690. The number of hydrogen-bond donors (Lipinski definition) is 1. The topological polar surface area (TPSA) is 77.2 Å². The molecule has 2 aromatic heterocycles. The normalized spacial score (nSPS) is 14.3. The number of pyridine rings is 1. The van der Waals surface area contributed by atoms with Crippen LogP contribution in [-0.4, -0.2) is 53.1 Å². The van der Waals surface area contributed by atoms with Gasteiger partial charge in [-0.2, -0.15) is 5.26 Å². The Hall–Kier alpha value is -3.86. The van der Waals surface area contributed by atoms with Crippen molar-refractivity contribution in [3.8, 4) is 6.07 Å². The van der Waals surface area contributed by atoms with E-state index in [2.05, 4.69) is 36.8 Å². The predicted octanol–water partition coefficient (Wildman–Crippen LogP) is 5.09. The van der Waals surface area contributed by atoms with Gasteiger partial charge in [-0.1, -0.05) is 48.0 Å². The van der Waals surface area contributed by atoms with Crippen molar-refractivity contribution >= 4 is 34.2 Å². The van der Waals surface area contributed by atoms with Crippen molar-refractivity contribution in [2.45, 2.75) is 25.9 Å². The number of halogens is 1. The molecule has 0 radical (unpaired) electrons. The lowest BCUT2D eigenvalue weighted by molar-refractivity contribution is 0.0952. The summed E-state index contributed by atoms with van der Waals surface area (Å²) in [6, 6.07) is 21.5. The number of carbonyl (C=O) groups is 1. The van der Waals surface area contributed by atoms with Gasteiger partial charge in [0.05, 0.1) is 11.1 Å². The van der Waals surface area contributed by atoms with Gasteiger partial charge in [0.25, 0.3) is 5.91 Å². The number of hydrogen-bond acceptors (Lipinski definition) is 5. The van der Waals surface area contributed by atoms with Crippen LogP contribution in [0.5, 0.6) is 0 Å². The van der Waals surface area contributed by atoms with Gasteiger partial charge in [-0.25, -0.2) is 4.98 Å². The lowest BCUT2D eigenvalue weighted by Gasteiger charge is -2.23. The third-order valence-corrected chi connectivity index (χ3v) is 7.47. The van der Waals surface area contributed by atoms with E-state index in [0.717, 1.165) is 74.4 Å². The maximum Gasteiger partial charge on any atom is 0.253 e. The van der Waals surface area contributed by atoms with E-state index in [1.54, 1.807) is 6.20 Å². The number of para-hydroxylation sites is 1. The molecular formula is C30H31ClN6O. The quantitative estimate of drug-likeness (QED) is 0.346. The number of amides is 1. The molecule has 0 atom stereocenters. The fourth-order valence-corrected chi connectivity index (χ4v) is 5.33. The molecule has 8 heteroatoms. The predicted molar refractivity (Wildman–Crippen MR) is 151 cm³/mol. The van der Waals surface area contributed by atoms with E-state index in [1.165, 1.54) is 0 Å². The van der Waals surface area contributed by atoms with Crippen molar-refractivity contribution < 1.29 is 4.79 Å². The molecule has 194 valence electrons. The first-order valence-corrected chi connectivity index (χ1v) is 13.4. The summed E-state index contributed by atoms with van der Waals surface area (Å²) in [7, 11) is 0. The second-order valence-electron chi connectivity index (χ2n) is 9.55. The Bertz CT molecular complexity index is 1460. The van der Waals surface area contributed by atoms with Crippen LogP contribution in [0.15, 0.2) is 73.1 Å². The highest BCUT2D eigenvalue weighted by molar-refractivity contribution is 6.31. The highest BCUT2D eigenvalue weighted by atomic mass is 35.5. The van der Waals surface area contributed by atoms with Gasteiger partial charge in [0, 0.05) is 61.0 Å². The van der Waals surface area contributed by atoms with Gasteiger partial charge >= 0.3 is 0 Å². The summed E-state index contributed by atoms with van der Waals surface area (Å²) < 4.78 is 2.19. The fraction of sp³-hybridized carbons (Fsp3) is 0.300. The van der Waals surface area contributed by atoms with E-state index in [9.17, 15) is 10.1 Å². The third kappa shape index (κ3) is 5.83. The average Bonchev–Trinajstić information content (AvgIpc) is 3.15. The van der Waals surface area contributed by atoms with Crippen molar-refractivity contribution in [1.82, 2.24) is 19.8 Å². The Balaban J connectivity index is 1.20. The monoisotopic (exact) mass is 526 g/mol. The van der Waals surface area contributed by atoms with E-state index >= 15 is 0 Å². The molecule has 1 aliphatic rings. The lowest BCUT2D eigenvalue weighted by Crippen LogP contribution is -2.32. The molecule has 2 aromatic carbocycles. The van der Waals surface area contributed by atoms with Crippen molar-refractivity contribution in [2.24, 2.45) is 0 Å². The van der Waals surface area contributed by atoms with Crippen LogP contribution in [-0.2, 0) is 13.1 Å². The van der Waals surface area contributed by atoms with E-state index in [-0.39, 0.29) is 5.91 Å². The molecule has 4 aromatic rings. The molecular weight excluding hydrogens is 496 g/mol. The molecule has 0 bridgehead atoms. The molecule has 0 aliphatic carbocycles. The summed E-state index contributed by atoms with van der Waals surface area (Å²) in [6.07, 6.45) is 5.74. The molecule has 1 N–H and O–H groups in total. The minimum atomic E-state index is -0.0984. The molecule has 0 unspecified atom stereocenters. The maximum atomic E-state index is 13.1. The number of nitriles is 1. The summed E-state index contributed by atoms with van der Waals surface area (Å²) in [5.41, 5.74) is 3.28. The molecule has 1 saturated heterocycles. The first-order chi connectivity index (χ1) is 18.6. The van der Waals surface area contributed by atoms with Crippen LogP contribution in [0.25, 0.3) is 10.9 Å². The van der Waals surface area contributed by atoms with Crippen molar-refractivity contribution in [3.63, 3.8) is 0 Å². The SMILES string of the molecule is N#Cc1cccnc1N1CCCN(CCCn2cc(C(=O)NCc3ccccc3Cl)c3ccccc32)CC1. The van der Waals surface area contributed by atoms with Gasteiger partial charge in [0.15, 0.2) is 0 Å². The first-order valence-electron chi connectivity index (χ1n) is 13.1. The number of carbonyl (C=O) groups excluding carboxylic acids is 1. The zero-order valence-corrected chi connectivity index (χ0v) is 22.1. The second-order valence-corrected chi connectivity index (χ2v) is 9.96. The second kappa shape index (κ2) is 12.1. The number of aromatic nitrogens is 2. The number of benzene rings is 2. The van der Waals surface area contributed by atoms with Crippen LogP contribution >= 0.6 is 11.6 Å². The number of anilines is 1. The molecule has 1 amide bonds. The summed E-state index contributed by atoms with van der Waals surface area (Å²) in [4.78, 5) is 22.3. The van der Waals surface area contributed by atoms with E-state index in [1.807, 2.05) is 60.8 Å². The number of fused-ring (bicyclic) bond motifs is 1. The average molecular weight is 527 g/mol. The number of nitrogens with one attached hydrogen (secondary N) is 1. The minimum Gasteiger partial charge on any atom is -0.354 e. The van der Waals surface area contributed by atoms with Crippen molar-refractivity contribution in [1.29, 1.82) is 5.26 Å². The van der Waals surface area contributed by atoms with Crippen LogP contribution < -0.4 is 10.2 Å². The summed E-state index contributed by atoms with van der Waals surface area (Å²) >= 11 is 6.26. The summed E-state index contributed by atoms with van der Waals surface area (Å²) in [6.45, 7) is 5.90. The van der Waals surface area contributed by atoms with E-state index < -0.39 is 0 Å². The van der Waals surface area contributed by atoms with Crippen LogP contribution in [0, 0.1) is 11.3 Å². The number of rotatable bonds is 8. The molecule has 1 aliphatic heterocycles. The molecule has 5 rings (SSSR count). The smallest absolute Gasteiger partial charge is 0.253 e. The molecule has 38 heavy (non-hydrogen) atoms. The van der Waals surface area contributed by atoms with E-state index in [0.29, 0.717) is 22.7 Å². The summed E-state index contributed by atoms with van der Waals surface area (Å²) in [5, 5.41) is 14.1. The molecule has 0 saturated carbocycles. The standard InChI is InChI=1S/C30H31ClN6O/c31-27-11-3-1-8-24(27)21-34-30(38)26-22-37(28-12-4-2-10-25(26)28)17-7-15-35-14-6-16-36(19-18-35)29-23(20-32)9-5-13-33-29/h1-5,8-13,22H,6-7,14-19,21H2,(H,34,38). The minimum absolute atomic E-state index is 0.0984. The van der Waals surface area contributed by atoms with Crippen LogP contribution in [0.2, 0.25) is 5.02 Å². The lowest BCUT2D eigenvalue weighted by atomic mass is 10.1. The Kier molecular flexibility index (Phi) is 8.22. The molecule has 0 spiro atoms.